The van der Waals surface area contributed by atoms with E-state index in [-0.39, 0.29) is 11.3 Å². The number of aromatic nitrogens is 3. The van der Waals surface area contributed by atoms with Gasteiger partial charge in [-0.1, -0.05) is 12.1 Å². The maximum atomic E-state index is 12.9. The van der Waals surface area contributed by atoms with Crippen molar-refractivity contribution in [3.63, 3.8) is 0 Å². The number of ether oxygens (including phenoxy) is 1. The van der Waals surface area contributed by atoms with Crippen LogP contribution in [0.15, 0.2) is 53.6 Å². The monoisotopic (exact) mass is 432 g/mol. The number of nitrogens with zero attached hydrogens (tertiary/aromatic N) is 4. The SMILES string of the molecule is Cn1c2c(cc(-c3ccc(OC(F)(F)F)cc3)c1=O)CN(CCCn1cccn1)CC2. The van der Waals surface area contributed by atoms with Gasteiger partial charge in [0.15, 0.2) is 0 Å². The first-order valence-electron chi connectivity index (χ1n) is 10.1. The Morgan fingerprint density at radius 3 is 2.61 bits per heavy atom. The van der Waals surface area contributed by atoms with Gasteiger partial charge in [0.2, 0.25) is 0 Å². The van der Waals surface area contributed by atoms with E-state index in [1.807, 2.05) is 23.0 Å². The van der Waals surface area contributed by atoms with E-state index in [1.54, 1.807) is 17.8 Å². The molecule has 0 aliphatic carbocycles. The standard InChI is InChI=1S/C22H23F3N4O2/c1-27-20-8-13-28(10-3-12-29-11-2-9-26-29)15-17(20)14-19(21(27)30)16-4-6-18(7-5-16)31-22(23,24)25/h2,4-7,9,11,14H,3,8,10,12-13,15H2,1H3. The average Bonchev–Trinajstić information content (AvgIpc) is 3.24. The molecule has 9 heteroatoms. The third-order valence-corrected chi connectivity index (χ3v) is 5.51. The molecule has 0 amide bonds. The number of aryl methyl sites for hydroxylation is 1. The number of hydrogen-bond acceptors (Lipinski definition) is 4. The highest BCUT2D eigenvalue weighted by atomic mass is 19.4. The van der Waals surface area contributed by atoms with Gasteiger partial charge in [0.25, 0.3) is 5.56 Å². The highest BCUT2D eigenvalue weighted by Crippen LogP contribution is 2.27. The lowest BCUT2D eigenvalue weighted by Gasteiger charge is -2.30. The minimum Gasteiger partial charge on any atom is -0.406 e. The molecule has 3 heterocycles. The zero-order valence-corrected chi connectivity index (χ0v) is 17.1. The van der Waals surface area contributed by atoms with Gasteiger partial charge in [0.1, 0.15) is 5.75 Å². The van der Waals surface area contributed by atoms with E-state index in [2.05, 4.69) is 14.7 Å². The summed E-state index contributed by atoms with van der Waals surface area (Å²) in [4.78, 5) is 15.2. The number of hydrogen-bond donors (Lipinski definition) is 0. The Morgan fingerprint density at radius 2 is 1.94 bits per heavy atom. The van der Waals surface area contributed by atoms with Gasteiger partial charge in [-0.3, -0.25) is 14.4 Å². The molecule has 4 rings (SSSR count). The van der Waals surface area contributed by atoms with Gasteiger partial charge in [-0.25, -0.2) is 0 Å². The van der Waals surface area contributed by atoms with Gasteiger partial charge in [-0.05, 0) is 41.8 Å². The van der Waals surface area contributed by atoms with Crippen LogP contribution in [0.4, 0.5) is 13.2 Å². The highest BCUT2D eigenvalue weighted by Gasteiger charge is 2.31. The Bertz CT molecular complexity index is 1090. The second-order valence-electron chi connectivity index (χ2n) is 7.62. The molecule has 6 nitrogen and oxygen atoms in total. The van der Waals surface area contributed by atoms with Crippen LogP contribution in [-0.4, -0.2) is 38.7 Å². The first-order valence-corrected chi connectivity index (χ1v) is 10.1. The number of halogens is 3. The lowest BCUT2D eigenvalue weighted by molar-refractivity contribution is -0.274. The van der Waals surface area contributed by atoms with Crippen molar-refractivity contribution in [3.8, 4) is 16.9 Å². The molecule has 0 saturated carbocycles. The summed E-state index contributed by atoms with van der Waals surface area (Å²) in [7, 11) is 1.75. The zero-order valence-electron chi connectivity index (χ0n) is 17.1. The molecule has 0 N–H and O–H groups in total. The minimum atomic E-state index is -4.75. The summed E-state index contributed by atoms with van der Waals surface area (Å²) in [5, 5.41) is 4.22. The van der Waals surface area contributed by atoms with Gasteiger partial charge in [0.05, 0.1) is 0 Å². The Hall–Kier alpha value is -3.07. The lowest BCUT2D eigenvalue weighted by Crippen LogP contribution is -2.36. The largest absolute Gasteiger partial charge is 0.573 e. The fraction of sp³-hybridized carbons (Fsp3) is 0.364. The van der Waals surface area contributed by atoms with Crippen LogP contribution in [0.5, 0.6) is 5.75 Å². The van der Waals surface area contributed by atoms with Gasteiger partial charge in [0, 0.05) is 63.3 Å². The van der Waals surface area contributed by atoms with Gasteiger partial charge < -0.3 is 9.30 Å². The number of benzene rings is 1. The number of pyridine rings is 1. The second-order valence-corrected chi connectivity index (χ2v) is 7.62. The van der Waals surface area contributed by atoms with Gasteiger partial charge in [-0.15, -0.1) is 13.2 Å². The molecule has 0 atom stereocenters. The summed E-state index contributed by atoms with van der Waals surface area (Å²) in [5.74, 6) is -0.311. The van der Waals surface area contributed by atoms with E-state index in [1.165, 1.54) is 24.3 Å². The van der Waals surface area contributed by atoms with Gasteiger partial charge >= 0.3 is 6.36 Å². The molecular weight excluding hydrogens is 409 g/mol. The molecule has 0 spiro atoms. The zero-order chi connectivity index (χ0) is 22.0. The van der Waals surface area contributed by atoms with Crippen molar-refractivity contribution < 1.29 is 17.9 Å². The molecule has 0 radical (unpaired) electrons. The highest BCUT2D eigenvalue weighted by molar-refractivity contribution is 5.64. The van der Waals surface area contributed by atoms with Crippen molar-refractivity contribution in [1.82, 2.24) is 19.2 Å². The summed E-state index contributed by atoms with van der Waals surface area (Å²) in [6.45, 7) is 3.37. The van der Waals surface area contributed by atoms with Crippen molar-refractivity contribution in [2.24, 2.45) is 7.05 Å². The molecular formula is C22H23F3N4O2. The van der Waals surface area contributed by atoms with E-state index in [0.717, 1.165) is 50.3 Å². The molecule has 0 fully saturated rings. The predicted molar refractivity (Wildman–Crippen MR) is 110 cm³/mol. The van der Waals surface area contributed by atoms with Crippen LogP contribution in [0.2, 0.25) is 0 Å². The topological polar surface area (TPSA) is 52.3 Å². The minimum absolute atomic E-state index is 0.157. The van der Waals surface area contributed by atoms with E-state index >= 15 is 0 Å². The summed E-state index contributed by atoms with van der Waals surface area (Å²) in [5.41, 5.74) is 2.95. The fourth-order valence-corrected chi connectivity index (χ4v) is 4.01. The molecule has 3 aromatic rings. The maximum absolute atomic E-state index is 12.9. The predicted octanol–water partition coefficient (Wildman–Crippen LogP) is 3.60. The molecule has 0 unspecified atom stereocenters. The Balaban J connectivity index is 1.51. The molecule has 0 bridgehead atoms. The average molecular weight is 432 g/mol. The molecule has 1 aliphatic rings. The third-order valence-electron chi connectivity index (χ3n) is 5.51. The van der Waals surface area contributed by atoms with Crippen molar-refractivity contribution in [2.45, 2.75) is 32.3 Å². The van der Waals surface area contributed by atoms with Crippen molar-refractivity contribution in [1.29, 1.82) is 0 Å². The van der Waals surface area contributed by atoms with Crippen LogP contribution in [0, 0.1) is 0 Å². The van der Waals surface area contributed by atoms with Gasteiger partial charge in [-0.2, -0.15) is 5.10 Å². The quantitative estimate of drug-likeness (QED) is 0.597. The molecule has 2 aromatic heterocycles. The molecule has 0 saturated heterocycles. The van der Waals surface area contributed by atoms with Crippen LogP contribution in [0.25, 0.3) is 11.1 Å². The van der Waals surface area contributed by atoms with Crippen LogP contribution in [0.1, 0.15) is 17.7 Å². The van der Waals surface area contributed by atoms with E-state index in [4.69, 9.17) is 0 Å². The Labute approximate surface area is 177 Å². The Kier molecular flexibility index (Phi) is 5.86. The second kappa shape index (κ2) is 8.58. The van der Waals surface area contributed by atoms with E-state index in [0.29, 0.717) is 11.1 Å². The fourth-order valence-electron chi connectivity index (χ4n) is 4.01. The normalized spacial score (nSPS) is 14.5. The summed E-state index contributed by atoms with van der Waals surface area (Å²) < 4.78 is 44.7. The first-order chi connectivity index (χ1) is 14.8. The molecule has 164 valence electrons. The molecule has 1 aliphatic heterocycles. The summed E-state index contributed by atoms with van der Waals surface area (Å²) in [6, 6.07) is 9.19. The van der Waals surface area contributed by atoms with Crippen LogP contribution in [0.3, 0.4) is 0 Å². The molecule has 31 heavy (non-hydrogen) atoms. The first kappa shape index (κ1) is 21.2. The number of fused-ring (bicyclic) bond motifs is 1. The van der Waals surface area contributed by atoms with Crippen LogP contribution >= 0.6 is 0 Å². The van der Waals surface area contributed by atoms with Crippen molar-refractivity contribution in [2.75, 3.05) is 13.1 Å². The van der Waals surface area contributed by atoms with Crippen molar-refractivity contribution in [3.05, 3.63) is 70.4 Å². The number of alkyl halides is 3. The van der Waals surface area contributed by atoms with E-state index in [9.17, 15) is 18.0 Å². The number of rotatable bonds is 6. The summed E-state index contributed by atoms with van der Waals surface area (Å²) >= 11 is 0. The van der Waals surface area contributed by atoms with Crippen LogP contribution in [-0.2, 0) is 26.6 Å². The van der Waals surface area contributed by atoms with Crippen molar-refractivity contribution >= 4 is 0 Å². The molecule has 1 aromatic carbocycles. The summed E-state index contributed by atoms with van der Waals surface area (Å²) in [6.07, 6.45) is 0.710. The van der Waals surface area contributed by atoms with E-state index < -0.39 is 6.36 Å². The Morgan fingerprint density at radius 1 is 1.16 bits per heavy atom. The lowest BCUT2D eigenvalue weighted by atomic mass is 9.99. The maximum Gasteiger partial charge on any atom is 0.573 e. The van der Waals surface area contributed by atoms with Crippen LogP contribution < -0.4 is 10.3 Å². The smallest absolute Gasteiger partial charge is 0.406 e. The third kappa shape index (κ3) is 4.99.